The number of phenolic OH excluding ortho intramolecular Hbond substituents is 1. The van der Waals surface area contributed by atoms with E-state index < -0.39 is 5.82 Å². The Morgan fingerprint density at radius 1 is 1.31 bits per heavy atom. The van der Waals surface area contributed by atoms with Crippen LogP contribution in [0.25, 0.3) is 0 Å². The fourth-order valence-electron chi connectivity index (χ4n) is 1.78. The van der Waals surface area contributed by atoms with E-state index in [0.717, 1.165) is 6.42 Å². The first-order chi connectivity index (χ1) is 7.50. The molecule has 2 nitrogen and oxygen atoms in total. The Morgan fingerprint density at radius 2 is 2.00 bits per heavy atom. The number of aromatic hydroxyl groups is 1. The van der Waals surface area contributed by atoms with E-state index in [4.69, 9.17) is 0 Å². The van der Waals surface area contributed by atoms with Crippen molar-refractivity contribution in [1.82, 2.24) is 5.32 Å². The lowest BCUT2D eigenvalue weighted by Crippen LogP contribution is -2.26. The fraction of sp³-hybridized carbons (Fsp3) is 0.538. The van der Waals surface area contributed by atoms with Crippen molar-refractivity contribution < 1.29 is 9.50 Å². The Balaban J connectivity index is 2.51. The van der Waals surface area contributed by atoms with Crippen LogP contribution in [0.2, 0.25) is 0 Å². The molecule has 1 rings (SSSR count). The zero-order valence-electron chi connectivity index (χ0n) is 10.1. The van der Waals surface area contributed by atoms with Gasteiger partial charge in [-0.3, -0.25) is 0 Å². The second-order valence-corrected chi connectivity index (χ2v) is 4.66. The summed E-state index contributed by atoms with van der Waals surface area (Å²) in [6.45, 7) is 6.92. The summed E-state index contributed by atoms with van der Waals surface area (Å²) in [6.07, 6.45) is 1.07. The smallest absolute Gasteiger partial charge is 0.165 e. The van der Waals surface area contributed by atoms with Crippen LogP contribution < -0.4 is 5.32 Å². The molecule has 0 amide bonds. The molecule has 0 radical (unpaired) electrons. The van der Waals surface area contributed by atoms with E-state index in [9.17, 15) is 9.50 Å². The largest absolute Gasteiger partial charge is 0.505 e. The summed E-state index contributed by atoms with van der Waals surface area (Å²) < 4.78 is 13.0. The van der Waals surface area contributed by atoms with Crippen molar-refractivity contribution >= 4 is 0 Å². The van der Waals surface area contributed by atoms with Gasteiger partial charge in [-0.15, -0.1) is 0 Å². The van der Waals surface area contributed by atoms with Gasteiger partial charge in [-0.25, -0.2) is 4.39 Å². The van der Waals surface area contributed by atoms with Gasteiger partial charge < -0.3 is 10.4 Å². The van der Waals surface area contributed by atoms with Crippen molar-refractivity contribution in [1.29, 1.82) is 0 Å². The van der Waals surface area contributed by atoms with Crippen LogP contribution in [-0.2, 0) is 6.54 Å². The minimum Gasteiger partial charge on any atom is -0.505 e. The third kappa shape index (κ3) is 3.81. The van der Waals surface area contributed by atoms with Gasteiger partial charge in [-0.1, -0.05) is 26.0 Å². The van der Waals surface area contributed by atoms with Crippen molar-refractivity contribution in [2.24, 2.45) is 5.92 Å². The molecule has 90 valence electrons. The minimum absolute atomic E-state index is 0.244. The maximum Gasteiger partial charge on any atom is 0.165 e. The molecule has 16 heavy (non-hydrogen) atoms. The van der Waals surface area contributed by atoms with Crippen LogP contribution >= 0.6 is 0 Å². The Morgan fingerprint density at radius 3 is 2.62 bits per heavy atom. The molecule has 1 unspecified atom stereocenters. The molecule has 1 aromatic carbocycles. The summed E-state index contributed by atoms with van der Waals surface area (Å²) in [7, 11) is 0. The SMILES string of the molecule is CC(C)CC(C)NCc1cccc(F)c1O. The molecule has 2 N–H and O–H groups in total. The van der Waals surface area contributed by atoms with Gasteiger partial charge >= 0.3 is 0 Å². The molecule has 0 bridgehead atoms. The van der Waals surface area contributed by atoms with Gasteiger partial charge in [0.25, 0.3) is 0 Å². The molecule has 3 heteroatoms. The first kappa shape index (κ1) is 13.0. The molecule has 0 saturated carbocycles. The van der Waals surface area contributed by atoms with Crippen LogP contribution in [0.15, 0.2) is 18.2 Å². The average molecular weight is 225 g/mol. The molecular weight excluding hydrogens is 205 g/mol. The monoisotopic (exact) mass is 225 g/mol. The van der Waals surface area contributed by atoms with Crippen LogP contribution in [0.3, 0.4) is 0 Å². The molecule has 0 heterocycles. The van der Waals surface area contributed by atoms with Crippen LogP contribution in [0.4, 0.5) is 4.39 Å². The van der Waals surface area contributed by atoms with Crippen molar-refractivity contribution in [3.05, 3.63) is 29.6 Å². The Kier molecular flexibility index (Phi) is 4.74. The number of nitrogens with one attached hydrogen (secondary N) is 1. The summed E-state index contributed by atoms with van der Waals surface area (Å²) in [6, 6.07) is 4.96. The van der Waals surface area contributed by atoms with E-state index in [2.05, 4.69) is 26.1 Å². The van der Waals surface area contributed by atoms with Crippen molar-refractivity contribution in [2.75, 3.05) is 0 Å². The number of para-hydroxylation sites is 1. The molecule has 0 aliphatic heterocycles. The van der Waals surface area contributed by atoms with Gasteiger partial charge in [-0.2, -0.15) is 0 Å². The van der Waals surface area contributed by atoms with Crippen molar-refractivity contribution in [3.63, 3.8) is 0 Å². The Labute approximate surface area is 96.5 Å². The van der Waals surface area contributed by atoms with Gasteiger partial charge in [0.05, 0.1) is 0 Å². The van der Waals surface area contributed by atoms with Crippen LogP contribution in [0, 0.1) is 11.7 Å². The maximum absolute atomic E-state index is 13.0. The average Bonchev–Trinajstić information content (AvgIpc) is 2.19. The number of hydrogen-bond donors (Lipinski definition) is 2. The third-order valence-corrected chi connectivity index (χ3v) is 2.54. The highest BCUT2D eigenvalue weighted by Gasteiger charge is 2.08. The molecule has 0 saturated heterocycles. The number of hydrogen-bond acceptors (Lipinski definition) is 2. The highest BCUT2D eigenvalue weighted by Crippen LogP contribution is 2.20. The molecule has 0 aliphatic carbocycles. The van der Waals surface area contributed by atoms with Crippen molar-refractivity contribution in [2.45, 2.75) is 39.8 Å². The summed E-state index contributed by atoms with van der Waals surface area (Å²) >= 11 is 0. The molecular formula is C13H20FNO. The van der Waals surface area contributed by atoms with Crippen LogP contribution in [0.5, 0.6) is 5.75 Å². The highest BCUT2D eigenvalue weighted by molar-refractivity contribution is 5.33. The van der Waals surface area contributed by atoms with Gasteiger partial charge in [0.15, 0.2) is 11.6 Å². The maximum atomic E-state index is 13.0. The first-order valence-corrected chi connectivity index (χ1v) is 5.70. The third-order valence-electron chi connectivity index (χ3n) is 2.54. The van der Waals surface area contributed by atoms with E-state index in [1.165, 1.54) is 6.07 Å². The first-order valence-electron chi connectivity index (χ1n) is 5.70. The topological polar surface area (TPSA) is 32.3 Å². The lowest BCUT2D eigenvalue weighted by Gasteiger charge is -2.16. The zero-order chi connectivity index (χ0) is 12.1. The molecule has 0 spiro atoms. The van der Waals surface area contributed by atoms with E-state index in [0.29, 0.717) is 24.1 Å². The number of benzene rings is 1. The van der Waals surface area contributed by atoms with Gasteiger partial charge in [0.1, 0.15) is 0 Å². The lowest BCUT2D eigenvalue weighted by atomic mass is 10.0. The standard InChI is InChI=1S/C13H20FNO/c1-9(2)7-10(3)15-8-11-5-4-6-12(14)13(11)16/h4-6,9-10,15-16H,7-8H2,1-3H3. The quantitative estimate of drug-likeness (QED) is 0.807. The predicted molar refractivity (Wildman–Crippen MR) is 63.8 cm³/mol. The predicted octanol–water partition coefficient (Wildman–Crippen LogP) is 3.06. The summed E-state index contributed by atoms with van der Waals surface area (Å²) in [4.78, 5) is 0. The Hall–Kier alpha value is -1.09. The van der Waals surface area contributed by atoms with Crippen LogP contribution in [-0.4, -0.2) is 11.1 Å². The molecule has 1 atom stereocenters. The van der Waals surface area contributed by atoms with Crippen LogP contribution in [0.1, 0.15) is 32.8 Å². The van der Waals surface area contributed by atoms with Crippen molar-refractivity contribution in [3.8, 4) is 5.75 Å². The molecule has 0 aromatic heterocycles. The van der Waals surface area contributed by atoms with Gasteiger partial charge in [0.2, 0.25) is 0 Å². The second kappa shape index (κ2) is 5.85. The fourth-order valence-corrected chi connectivity index (χ4v) is 1.78. The number of phenols is 1. The van der Waals surface area contributed by atoms with Gasteiger partial charge in [-0.05, 0) is 25.3 Å². The highest BCUT2D eigenvalue weighted by atomic mass is 19.1. The minimum atomic E-state index is -0.559. The lowest BCUT2D eigenvalue weighted by molar-refractivity contribution is 0.410. The summed E-state index contributed by atoms with van der Waals surface area (Å²) in [5, 5.41) is 12.7. The summed E-state index contributed by atoms with van der Waals surface area (Å²) in [5.74, 6) is -0.175. The Bertz CT molecular complexity index is 339. The number of halogens is 1. The van der Waals surface area contributed by atoms with E-state index >= 15 is 0 Å². The molecule has 0 fully saturated rings. The molecule has 0 aliphatic rings. The van der Waals surface area contributed by atoms with E-state index in [1.54, 1.807) is 12.1 Å². The summed E-state index contributed by atoms with van der Waals surface area (Å²) in [5.41, 5.74) is 0.607. The number of rotatable bonds is 5. The molecule has 1 aromatic rings. The second-order valence-electron chi connectivity index (χ2n) is 4.66. The van der Waals surface area contributed by atoms with E-state index in [-0.39, 0.29) is 5.75 Å². The zero-order valence-corrected chi connectivity index (χ0v) is 10.1. The van der Waals surface area contributed by atoms with Gasteiger partial charge in [0, 0.05) is 18.2 Å². The van der Waals surface area contributed by atoms with E-state index in [1.807, 2.05) is 0 Å². The normalized spacial score (nSPS) is 13.1.